The number of anilines is 1. The molecule has 0 atom stereocenters. The smallest absolute Gasteiger partial charge is 0.370 e. The lowest BCUT2D eigenvalue weighted by Crippen LogP contribution is -2.09. The summed E-state index contributed by atoms with van der Waals surface area (Å²) < 4.78 is 40.0. The zero-order valence-corrected chi connectivity index (χ0v) is 13.1. The van der Waals surface area contributed by atoms with Gasteiger partial charge in [-0.15, -0.1) is 0 Å². The standard InChI is InChI=1S/C17H17F3N4/c1-24-14-6-3-2-5-13(14)23-16(24)7-4-9-21-15-11-12(8-10-22-15)17(18,19)20/h2-3,5-6,8,10-11H,4,7,9H2,1H3,(H,21,22). The summed E-state index contributed by atoms with van der Waals surface area (Å²) in [4.78, 5) is 8.49. The number of pyridine rings is 1. The number of aryl methyl sites for hydroxylation is 2. The molecular weight excluding hydrogens is 317 g/mol. The highest BCUT2D eigenvalue weighted by molar-refractivity contribution is 5.75. The third-order valence-corrected chi connectivity index (χ3v) is 3.85. The summed E-state index contributed by atoms with van der Waals surface area (Å²) in [6.07, 6.45) is -1.71. The van der Waals surface area contributed by atoms with Gasteiger partial charge in [0.1, 0.15) is 11.6 Å². The number of aromatic nitrogens is 3. The second-order valence-corrected chi connectivity index (χ2v) is 5.53. The number of benzene rings is 1. The molecule has 0 saturated heterocycles. The van der Waals surface area contributed by atoms with Gasteiger partial charge in [-0.3, -0.25) is 0 Å². The molecule has 0 aliphatic rings. The molecule has 1 N–H and O–H groups in total. The largest absolute Gasteiger partial charge is 0.416 e. The summed E-state index contributed by atoms with van der Waals surface area (Å²) in [6.45, 7) is 0.525. The van der Waals surface area contributed by atoms with Crippen LogP contribution in [-0.4, -0.2) is 21.1 Å². The molecule has 0 amide bonds. The number of nitrogens with zero attached hydrogens (tertiary/aromatic N) is 3. The van der Waals surface area contributed by atoms with E-state index in [4.69, 9.17) is 0 Å². The van der Waals surface area contributed by atoms with Crippen molar-refractivity contribution >= 4 is 16.9 Å². The molecule has 4 nitrogen and oxygen atoms in total. The van der Waals surface area contributed by atoms with Crippen molar-refractivity contribution in [1.82, 2.24) is 14.5 Å². The molecule has 0 bridgehead atoms. The zero-order chi connectivity index (χ0) is 17.2. The third-order valence-electron chi connectivity index (χ3n) is 3.85. The van der Waals surface area contributed by atoms with Crippen molar-refractivity contribution in [2.45, 2.75) is 19.0 Å². The molecule has 1 aromatic carbocycles. The van der Waals surface area contributed by atoms with Gasteiger partial charge in [-0.1, -0.05) is 12.1 Å². The molecule has 0 fully saturated rings. The lowest BCUT2D eigenvalue weighted by Gasteiger charge is -2.09. The SMILES string of the molecule is Cn1c(CCCNc2cc(C(F)(F)F)ccn2)nc2ccccc21. The fraction of sp³-hybridized carbons (Fsp3) is 0.294. The molecule has 126 valence electrons. The maximum atomic E-state index is 12.7. The van der Waals surface area contributed by atoms with E-state index in [0.717, 1.165) is 48.0 Å². The summed E-state index contributed by atoms with van der Waals surface area (Å²) in [7, 11) is 1.96. The zero-order valence-electron chi connectivity index (χ0n) is 13.1. The van der Waals surface area contributed by atoms with Crippen LogP contribution >= 0.6 is 0 Å². The minimum Gasteiger partial charge on any atom is -0.370 e. The number of imidazole rings is 1. The summed E-state index contributed by atoms with van der Waals surface area (Å²) in [6, 6.07) is 9.87. The third kappa shape index (κ3) is 3.50. The lowest BCUT2D eigenvalue weighted by atomic mass is 10.2. The van der Waals surface area contributed by atoms with Crippen molar-refractivity contribution in [1.29, 1.82) is 0 Å². The van der Waals surface area contributed by atoms with Crippen LogP contribution in [0.25, 0.3) is 11.0 Å². The van der Waals surface area contributed by atoms with Gasteiger partial charge in [0, 0.05) is 26.2 Å². The van der Waals surface area contributed by atoms with Crippen LogP contribution in [0.4, 0.5) is 19.0 Å². The topological polar surface area (TPSA) is 42.7 Å². The molecular formula is C17H17F3N4. The lowest BCUT2D eigenvalue weighted by molar-refractivity contribution is -0.137. The molecule has 0 saturated carbocycles. The van der Waals surface area contributed by atoms with Crippen LogP contribution in [0, 0.1) is 0 Å². The summed E-state index contributed by atoms with van der Waals surface area (Å²) in [5, 5.41) is 2.93. The highest BCUT2D eigenvalue weighted by Gasteiger charge is 2.30. The van der Waals surface area contributed by atoms with Gasteiger partial charge in [-0.05, 0) is 30.7 Å². The van der Waals surface area contributed by atoms with Crippen LogP contribution in [0.2, 0.25) is 0 Å². The molecule has 7 heteroatoms. The molecule has 2 aromatic heterocycles. The summed E-state index contributed by atoms with van der Waals surface area (Å²) in [5.41, 5.74) is 1.32. The number of hydrogen-bond acceptors (Lipinski definition) is 3. The molecule has 0 spiro atoms. The fourth-order valence-electron chi connectivity index (χ4n) is 2.59. The maximum absolute atomic E-state index is 12.7. The monoisotopic (exact) mass is 334 g/mol. The normalized spacial score (nSPS) is 11.8. The molecule has 0 unspecified atom stereocenters. The molecule has 0 aliphatic heterocycles. The van der Waals surface area contributed by atoms with Crippen LogP contribution in [0.1, 0.15) is 17.8 Å². The van der Waals surface area contributed by atoms with Crippen LogP contribution in [0.5, 0.6) is 0 Å². The van der Waals surface area contributed by atoms with E-state index < -0.39 is 11.7 Å². The van der Waals surface area contributed by atoms with Gasteiger partial charge in [-0.25, -0.2) is 9.97 Å². The first-order valence-electron chi connectivity index (χ1n) is 7.62. The predicted molar refractivity (Wildman–Crippen MR) is 86.8 cm³/mol. The minimum atomic E-state index is -4.35. The average Bonchev–Trinajstić information content (AvgIpc) is 2.88. The van der Waals surface area contributed by atoms with Gasteiger partial charge in [0.25, 0.3) is 0 Å². The quantitative estimate of drug-likeness (QED) is 0.716. The van der Waals surface area contributed by atoms with Crippen LogP contribution < -0.4 is 5.32 Å². The maximum Gasteiger partial charge on any atom is 0.416 e. The van der Waals surface area contributed by atoms with E-state index in [1.54, 1.807) is 0 Å². The highest BCUT2D eigenvalue weighted by atomic mass is 19.4. The Balaban J connectivity index is 1.58. The van der Waals surface area contributed by atoms with Crippen molar-refractivity contribution in [3.63, 3.8) is 0 Å². The van der Waals surface area contributed by atoms with E-state index in [9.17, 15) is 13.2 Å². The first kappa shape index (κ1) is 16.3. The number of alkyl halides is 3. The summed E-state index contributed by atoms with van der Waals surface area (Å²) in [5.74, 6) is 1.19. The van der Waals surface area contributed by atoms with Crippen molar-refractivity contribution < 1.29 is 13.2 Å². The first-order valence-corrected chi connectivity index (χ1v) is 7.62. The Morgan fingerprint density at radius 2 is 1.96 bits per heavy atom. The molecule has 2 heterocycles. The fourth-order valence-corrected chi connectivity index (χ4v) is 2.59. The van der Waals surface area contributed by atoms with E-state index in [1.807, 2.05) is 35.9 Å². The second-order valence-electron chi connectivity index (χ2n) is 5.53. The molecule has 3 rings (SSSR count). The Morgan fingerprint density at radius 3 is 2.71 bits per heavy atom. The van der Waals surface area contributed by atoms with Gasteiger partial charge in [-0.2, -0.15) is 13.2 Å². The number of nitrogens with one attached hydrogen (secondary N) is 1. The number of para-hydroxylation sites is 2. The van der Waals surface area contributed by atoms with E-state index in [0.29, 0.717) is 6.54 Å². The van der Waals surface area contributed by atoms with E-state index >= 15 is 0 Å². The van der Waals surface area contributed by atoms with Crippen LogP contribution in [-0.2, 0) is 19.6 Å². The molecule has 24 heavy (non-hydrogen) atoms. The Hall–Kier alpha value is -2.57. The van der Waals surface area contributed by atoms with E-state index in [2.05, 4.69) is 15.3 Å². The number of fused-ring (bicyclic) bond motifs is 1. The molecule has 0 aliphatic carbocycles. The molecule has 3 aromatic rings. The number of hydrogen-bond donors (Lipinski definition) is 1. The number of halogens is 3. The van der Waals surface area contributed by atoms with Gasteiger partial charge in [0.05, 0.1) is 16.6 Å². The Bertz CT molecular complexity index is 839. The van der Waals surface area contributed by atoms with Gasteiger partial charge in [0.2, 0.25) is 0 Å². The predicted octanol–water partition coefficient (Wildman–Crippen LogP) is 4.03. The van der Waals surface area contributed by atoms with Crippen molar-refractivity contribution in [3.05, 3.63) is 54.0 Å². The minimum absolute atomic E-state index is 0.231. The number of rotatable bonds is 5. The van der Waals surface area contributed by atoms with E-state index in [1.165, 1.54) is 0 Å². The van der Waals surface area contributed by atoms with Gasteiger partial charge < -0.3 is 9.88 Å². The average molecular weight is 334 g/mol. The summed E-state index contributed by atoms with van der Waals surface area (Å²) >= 11 is 0. The first-order chi connectivity index (χ1) is 11.4. The van der Waals surface area contributed by atoms with Gasteiger partial charge >= 0.3 is 6.18 Å². The van der Waals surface area contributed by atoms with Crippen molar-refractivity contribution in [3.8, 4) is 0 Å². The van der Waals surface area contributed by atoms with Crippen molar-refractivity contribution in [2.75, 3.05) is 11.9 Å². The Labute approximate surface area is 137 Å². The Kier molecular flexibility index (Phi) is 4.42. The van der Waals surface area contributed by atoms with Crippen molar-refractivity contribution in [2.24, 2.45) is 7.05 Å². The molecule has 0 radical (unpaired) electrons. The van der Waals surface area contributed by atoms with Crippen LogP contribution in [0.15, 0.2) is 42.6 Å². The van der Waals surface area contributed by atoms with Gasteiger partial charge in [0.15, 0.2) is 0 Å². The van der Waals surface area contributed by atoms with Crippen LogP contribution in [0.3, 0.4) is 0 Å². The van der Waals surface area contributed by atoms with E-state index in [-0.39, 0.29) is 5.82 Å². The second kappa shape index (κ2) is 6.51. The Morgan fingerprint density at radius 1 is 1.17 bits per heavy atom. The highest BCUT2D eigenvalue weighted by Crippen LogP contribution is 2.29.